The fourth-order valence-electron chi connectivity index (χ4n) is 3.10. The predicted octanol–water partition coefficient (Wildman–Crippen LogP) is 3.82. The summed E-state index contributed by atoms with van der Waals surface area (Å²) in [6.07, 6.45) is 3.71. The van der Waals surface area contributed by atoms with Crippen molar-refractivity contribution in [2.75, 3.05) is 0 Å². The molecule has 1 fully saturated rings. The van der Waals surface area contributed by atoms with Crippen LogP contribution in [-0.2, 0) is 0 Å². The molecule has 0 saturated heterocycles. The summed E-state index contributed by atoms with van der Waals surface area (Å²) in [7, 11) is 0. The van der Waals surface area contributed by atoms with E-state index >= 15 is 0 Å². The van der Waals surface area contributed by atoms with Gasteiger partial charge in [0.05, 0.1) is 4.53 Å². The molecule has 0 unspecified atom stereocenters. The van der Waals surface area contributed by atoms with Gasteiger partial charge in [0, 0.05) is 10.8 Å². The molecule has 0 bridgehead atoms. The minimum absolute atomic E-state index is 0.0129. The largest absolute Gasteiger partial charge is 0.291 e. The van der Waals surface area contributed by atoms with Crippen LogP contribution in [0.2, 0.25) is 0 Å². The normalized spacial score (nSPS) is 22.9. The summed E-state index contributed by atoms with van der Waals surface area (Å²) in [6.45, 7) is 4.25. The van der Waals surface area contributed by atoms with E-state index in [1.807, 2.05) is 29.7 Å². The second-order valence-electron chi connectivity index (χ2n) is 6.38. The lowest BCUT2D eigenvalue weighted by Gasteiger charge is -1.97. The van der Waals surface area contributed by atoms with Gasteiger partial charge in [-0.05, 0) is 34.9 Å². The molecule has 8 heteroatoms. The average Bonchev–Trinajstić information content (AvgIpc) is 2.99. The molecule has 0 amide bonds. The number of hydrogen-bond acceptors (Lipinski definition) is 5. The molecule has 0 aromatic carbocycles. The first-order valence-electron chi connectivity index (χ1n) is 7.35. The lowest BCUT2D eigenvalue weighted by Crippen LogP contribution is -2.23. The quantitative estimate of drug-likeness (QED) is 0.674. The SMILES string of the molecule is CC1(C)[C@H](c2nc3s/c(=C/c4cccs4)c(=O)n3n2)[C@@H]1C=C(Cl)Cl. The Balaban J connectivity index is 1.74. The molecular formula is C16H13Cl2N3OS2. The van der Waals surface area contributed by atoms with Gasteiger partial charge in [0.25, 0.3) is 5.56 Å². The van der Waals surface area contributed by atoms with E-state index < -0.39 is 0 Å². The Bertz CT molecular complexity index is 1050. The number of hydrogen-bond donors (Lipinski definition) is 0. The number of fused-ring (bicyclic) bond motifs is 1. The summed E-state index contributed by atoms with van der Waals surface area (Å²) >= 11 is 14.5. The average molecular weight is 398 g/mol. The summed E-state index contributed by atoms with van der Waals surface area (Å²) in [5.41, 5.74) is -0.135. The highest BCUT2D eigenvalue weighted by atomic mass is 35.5. The summed E-state index contributed by atoms with van der Waals surface area (Å²) in [6, 6.07) is 3.94. The van der Waals surface area contributed by atoms with Crippen LogP contribution in [0.5, 0.6) is 0 Å². The van der Waals surface area contributed by atoms with Crippen molar-refractivity contribution in [2.24, 2.45) is 11.3 Å². The van der Waals surface area contributed by atoms with Crippen molar-refractivity contribution < 1.29 is 0 Å². The third-order valence-electron chi connectivity index (χ3n) is 4.51. The number of aromatic nitrogens is 3. The molecule has 3 aromatic rings. The number of halogens is 2. The van der Waals surface area contributed by atoms with Crippen molar-refractivity contribution in [1.82, 2.24) is 14.6 Å². The first-order chi connectivity index (χ1) is 11.4. The highest BCUT2D eigenvalue weighted by Gasteiger charge is 2.59. The molecule has 1 saturated carbocycles. The molecule has 4 nitrogen and oxygen atoms in total. The Morgan fingerprint density at radius 3 is 2.83 bits per heavy atom. The molecule has 124 valence electrons. The van der Waals surface area contributed by atoms with Gasteiger partial charge < -0.3 is 0 Å². The van der Waals surface area contributed by atoms with E-state index in [0.29, 0.717) is 15.3 Å². The van der Waals surface area contributed by atoms with Gasteiger partial charge >= 0.3 is 0 Å². The van der Waals surface area contributed by atoms with Crippen molar-refractivity contribution in [3.63, 3.8) is 0 Å². The van der Waals surface area contributed by atoms with Crippen LogP contribution in [0.4, 0.5) is 0 Å². The van der Waals surface area contributed by atoms with E-state index in [4.69, 9.17) is 23.2 Å². The van der Waals surface area contributed by atoms with Gasteiger partial charge in [0.1, 0.15) is 4.49 Å². The standard InChI is InChI=1S/C16H13Cl2N3OS2/c1-16(2)9(7-11(17)18)12(16)13-19-15-21(20-13)14(22)10(24-15)6-8-4-3-5-23-8/h3-7,9,12H,1-2H3/b10-6+/t9-,12-/m0/s1. The lowest BCUT2D eigenvalue weighted by atomic mass is 10.1. The topological polar surface area (TPSA) is 47.3 Å². The van der Waals surface area contributed by atoms with Crippen molar-refractivity contribution in [2.45, 2.75) is 19.8 Å². The van der Waals surface area contributed by atoms with Crippen molar-refractivity contribution in [3.8, 4) is 0 Å². The third-order valence-corrected chi connectivity index (χ3v) is 6.54. The molecule has 4 rings (SSSR count). The minimum atomic E-state index is -0.122. The van der Waals surface area contributed by atoms with Crippen LogP contribution in [-0.4, -0.2) is 14.6 Å². The molecule has 0 aliphatic heterocycles. The van der Waals surface area contributed by atoms with Gasteiger partial charge in [-0.2, -0.15) is 4.52 Å². The number of thiophene rings is 1. The van der Waals surface area contributed by atoms with Gasteiger partial charge in [-0.25, -0.2) is 4.98 Å². The zero-order chi connectivity index (χ0) is 17.1. The fraction of sp³-hybridized carbons (Fsp3) is 0.312. The maximum atomic E-state index is 12.5. The van der Waals surface area contributed by atoms with Crippen LogP contribution in [0, 0.1) is 11.3 Å². The van der Waals surface area contributed by atoms with Gasteiger partial charge in [0.15, 0.2) is 5.82 Å². The van der Waals surface area contributed by atoms with Crippen LogP contribution < -0.4 is 10.1 Å². The van der Waals surface area contributed by atoms with Gasteiger partial charge in [-0.15, -0.1) is 16.4 Å². The number of rotatable bonds is 3. The Hall–Kier alpha value is -1.21. The van der Waals surface area contributed by atoms with Crippen molar-refractivity contribution >= 4 is 56.9 Å². The van der Waals surface area contributed by atoms with Crippen LogP contribution in [0.3, 0.4) is 0 Å². The minimum Gasteiger partial charge on any atom is -0.266 e. The number of thiazole rings is 1. The third kappa shape index (κ3) is 2.62. The molecule has 3 heterocycles. The van der Waals surface area contributed by atoms with Gasteiger partial charge in [-0.1, -0.05) is 54.5 Å². The first kappa shape index (κ1) is 16.3. The fourth-order valence-corrected chi connectivity index (χ4v) is 5.01. The number of allylic oxidation sites excluding steroid dienone is 1. The van der Waals surface area contributed by atoms with E-state index in [9.17, 15) is 4.79 Å². The van der Waals surface area contributed by atoms with E-state index in [1.54, 1.807) is 11.3 Å². The Morgan fingerprint density at radius 1 is 1.42 bits per heavy atom. The molecule has 3 aromatic heterocycles. The molecule has 24 heavy (non-hydrogen) atoms. The monoisotopic (exact) mass is 397 g/mol. The summed E-state index contributed by atoms with van der Waals surface area (Å²) in [5, 5.41) is 6.43. The predicted molar refractivity (Wildman–Crippen MR) is 100 cm³/mol. The van der Waals surface area contributed by atoms with E-state index in [0.717, 1.165) is 4.88 Å². The molecule has 0 radical (unpaired) electrons. The molecular weight excluding hydrogens is 385 g/mol. The Kier molecular flexibility index (Phi) is 3.84. The molecule has 1 aliphatic rings. The summed E-state index contributed by atoms with van der Waals surface area (Å²) in [4.78, 5) is 18.8. The Morgan fingerprint density at radius 2 is 2.21 bits per heavy atom. The smallest absolute Gasteiger partial charge is 0.266 e. The summed E-state index contributed by atoms with van der Waals surface area (Å²) < 4.78 is 2.31. The highest BCUT2D eigenvalue weighted by molar-refractivity contribution is 7.15. The molecule has 1 aliphatic carbocycles. The van der Waals surface area contributed by atoms with Crippen molar-refractivity contribution in [1.29, 1.82) is 0 Å². The molecule has 2 atom stereocenters. The van der Waals surface area contributed by atoms with Crippen molar-refractivity contribution in [3.05, 3.63) is 53.7 Å². The first-order valence-corrected chi connectivity index (χ1v) is 9.80. The highest BCUT2D eigenvalue weighted by Crippen LogP contribution is 2.64. The van der Waals surface area contributed by atoms with Gasteiger partial charge in [-0.3, -0.25) is 4.79 Å². The maximum Gasteiger partial charge on any atom is 0.291 e. The molecule has 0 spiro atoms. The van der Waals surface area contributed by atoms with Crippen LogP contribution >= 0.6 is 45.9 Å². The number of nitrogens with zero attached hydrogens (tertiary/aromatic N) is 3. The second-order valence-corrected chi connectivity index (χ2v) is 9.37. The zero-order valence-corrected chi connectivity index (χ0v) is 16.0. The second kappa shape index (κ2) is 5.66. The van der Waals surface area contributed by atoms with E-state index in [1.165, 1.54) is 15.9 Å². The van der Waals surface area contributed by atoms with Gasteiger partial charge in [0.2, 0.25) is 4.96 Å². The Labute approximate surface area is 156 Å². The van der Waals surface area contributed by atoms with E-state index in [2.05, 4.69) is 23.9 Å². The van der Waals surface area contributed by atoms with Crippen LogP contribution in [0.25, 0.3) is 11.0 Å². The molecule has 0 N–H and O–H groups in total. The van der Waals surface area contributed by atoms with E-state index in [-0.39, 0.29) is 27.3 Å². The van der Waals surface area contributed by atoms with Crippen LogP contribution in [0.1, 0.15) is 30.5 Å². The summed E-state index contributed by atoms with van der Waals surface area (Å²) in [5.74, 6) is 0.995. The maximum absolute atomic E-state index is 12.5. The lowest BCUT2D eigenvalue weighted by molar-refractivity contribution is 0.585. The zero-order valence-electron chi connectivity index (χ0n) is 12.9. The van der Waals surface area contributed by atoms with Crippen LogP contribution in [0.15, 0.2) is 32.9 Å².